The molecule has 19 heavy (non-hydrogen) atoms. The average molecular weight is 276 g/mol. The highest BCUT2D eigenvalue weighted by atomic mass is 35.5. The number of nitrogen functional groups attached to an aromatic ring is 1. The second-order valence-corrected chi connectivity index (χ2v) is 4.66. The lowest BCUT2D eigenvalue weighted by Gasteiger charge is -2.18. The molecule has 0 aliphatic carbocycles. The molecule has 0 unspecified atom stereocenters. The normalized spacial score (nSPS) is 10.3. The number of aryl methyl sites for hydroxylation is 1. The van der Waals surface area contributed by atoms with Gasteiger partial charge in [0.2, 0.25) is 0 Å². The van der Waals surface area contributed by atoms with Gasteiger partial charge < -0.3 is 10.6 Å². The Balaban J connectivity index is 2.33. The number of nitrogens with zero attached hydrogens (tertiary/aromatic N) is 2. The van der Waals surface area contributed by atoms with Crippen molar-refractivity contribution in [3.05, 3.63) is 52.8 Å². The minimum Gasteiger partial charge on any atom is -0.397 e. The second-order valence-electron chi connectivity index (χ2n) is 4.31. The van der Waals surface area contributed by atoms with Crippen LogP contribution in [0.3, 0.4) is 0 Å². The van der Waals surface area contributed by atoms with Crippen LogP contribution in [0, 0.1) is 6.92 Å². The number of hydrogen-bond acceptors (Lipinski definition) is 3. The summed E-state index contributed by atoms with van der Waals surface area (Å²) in [6, 6.07) is 9.17. The molecule has 0 spiro atoms. The van der Waals surface area contributed by atoms with Crippen molar-refractivity contribution in [3.63, 3.8) is 0 Å². The first-order chi connectivity index (χ1) is 8.99. The number of carbonyl (C=O) groups excluding carboxylic acids is 1. The van der Waals surface area contributed by atoms with Gasteiger partial charge in [0.15, 0.2) is 0 Å². The van der Waals surface area contributed by atoms with Crippen molar-refractivity contribution < 1.29 is 4.79 Å². The Kier molecular flexibility index (Phi) is 3.71. The average Bonchev–Trinajstić information content (AvgIpc) is 2.41. The standard InChI is InChI=1S/C14H14ClN3O/c1-9-3-5-11(6-4-9)18(2)14(19)12-7-10(16)8-17-13(12)15/h3-8H,16H2,1-2H3. The van der Waals surface area contributed by atoms with Crippen molar-refractivity contribution in [2.24, 2.45) is 0 Å². The van der Waals surface area contributed by atoms with Gasteiger partial charge in [-0.15, -0.1) is 0 Å². The number of carbonyl (C=O) groups is 1. The van der Waals surface area contributed by atoms with E-state index in [4.69, 9.17) is 17.3 Å². The van der Waals surface area contributed by atoms with Crippen LogP contribution in [0.2, 0.25) is 5.15 Å². The van der Waals surface area contributed by atoms with Gasteiger partial charge in [-0.2, -0.15) is 0 Å². The Morgan fingerprint density at radius 2 is 1.95 bits per heavy atom. The molecule has 0 aliphatic rings. The summed E-state index contributed by atoms with van der Waals surface area (Å²) in [4.78, 5) is 17.7. The van der Waals surface area contributed by atoms with E-state index in [1.165, 1.54) is 17.2 Å². The molecule has 2 N–H and O–H groups in total. The molecule has 1 amide bonds. The van der Waals surface area contributed by atoms with E-state index in [1.807, 2.05) is 31.2 Å². The molecule has 0 saturated carbocycles. The molecule has 0 radical (unpaired) electrons. The predicted octanol–water partition coefficient (Wildman–Crippen LogP) is 2.90. The summed E-state index contributed by atoms with van der Waals surface area (Å²) < 4.78 is 0. The van der Waals surface area contributed by atoms with E-state index in [0.29, 0.717) is 11.3 Å². The molecule has 2 aromatic rings. The second kappa shape index (κ2) is 5.28. The molecule has 0 saturated heterocycles. The number of nitrogens with two attached hydrogens (primary N) is 1. The van der Waals surface area contributed by atoms with Crippen LogP contribution < -0.4 is 10.6 Å². The molecule has 98 valence electrons. The monoisotopic (exact) mass is 275 g/mol. The summed E-state index contributed by atoms with van der Waals surface area (Å²) in [5, 5.41) is 0.151. The molecule has 2 rings (SSSR count). The van der Waals surface area contributed by atoms with Crippen molar-refractivity contribution in [1.29, 1.82) is 0 Å². The molecule has 1 aromatic carbocycles. The molecule has 1 aromatic heterocycles. The fourth-order valence-corrected chi connectivity index (χ4v) is 1.86. The summed E-state index contributed by atoms with van der Waals surface area (Å²) in [5.41, 5.74) is 8.25. The fourth-order valence-electron chi connectivity index (χ4n) is 1.68. The Hall–Kier alpha value is -2.07. The Morgan fingerprint density at radius 3 is 2.58 bits per heavy atom. The first kappa shape index (κ1) is 13.4. The van der Waals surface area contributed by atoms with Gasteiger partial charge >= 0.3 is 0 Å². The van der Waals surface area contributed by atoms with Gasteiger partial charge in [-0.25, -0.2) is 4.98 Å². The topological polar surface area (TPSA) is 59.2 Å². The molecule has 0 bridgehead atoms. The highest BCUT2D eigenvalue weighted by molar-refractivity contribution is 6.33. The Bertz CT molecular complexity index is 611. The Labute approximate surface area is 116 Å². The number of amides is 1. The van der Waals surface area contributed by atoms with E-state index >= 15 is 0 Å². The lowest BCUT2D eigenvalue weighted by atomic mass is 10.2. The van der Waals surface area contributed by atoms with E-state index in [1.54, 1.807) is 7.05 Å². The van der Waals surface area contributed by atoms with Gasteiger partial charge in [-0.05, 0) is 25.1 Å². The van der Waals surface area contributed by atoms with Crippen LogP contribution in [0.4, 0.5) is 11.4 Å². The van der Waals surface area contributed by atoms with E-state index in [2.05, 4.69) is 4.98 Å². The minimum absolute atomic E-state index is 0.151. The molecular weight excluding hydrogens is 262 g/mol. The van der Waals surface area contributed by atoms with Gasteiger partial charge in [-0.1, -0.05) is 29.3 Å². The molecule has 0 aliphatic heterocycles. The maximum atomic E-state index is 12.3. The number of hydrogen-bond donors (Lipinski definition) is 1. The number of rotatable bonds is 2. The number of benzene rings is 1. The van der Waals surface area contributed by atoms with Crippen molar-refractivity contribution in [2.45, 2.75) is 6.92 Å². The third-order valence-corrected chi connectivity index (χ3v) is 3.12. The summed E-state index contributed by atoms with van der Waals surface area (Å²) >= 11 is 5.93. The summed E-state index contributed by atoms with van der Waals surface area (Å²) in [6.45, 7) is 1.99. The smallest absolute Gasteiger partial charge is 0.261 e. The van der Waals surface area contributed by atoms with Gasteiger partial charge in [0.1, 0.15) is 5.15 Å². The van der Waals surface area contributed by atoms with Crippen molar-refractivity contribution in [3.8, 4) is 0 Å². The molecule has 5 heteroatoms. The minimum atomic E-state index is -0.242. The van der Waals surface area contributed by atoms with Gasteiger partial charge in [0.25, 0.3) is 5.91 Å². The molecular formula is C14H14ClN3O. The maximum absolute atomic E-state index is 12.3. The largest absolute Gasteiger partial charge is 0.397 e. The third kappa shape index (κ3) is 2.85. The highest BCUT2D eigenvalue weighted by Crippen LogP contribution is 2.21. The fraction of sp³-hybridized carbons (Fsp3) is 0.143. The molecule has 1 heterocycles. The van der Waals surface area contributed by atoms with Crippen molar-refractivity contribution >= 4 is 28.9 Å². The number of pyridine rings is 1. The summed E-state index contributed by atoms with van der Waals surface area (Å²) in [6.07, 6.45) is 1.42. The number of anilines is 2. The lowest BCUT2D eigenvalue weighted by molar-refractivity contribution is 0.0993. The number of aromatic nitrogens is 1. The van der Waals surface area contributed by atoms with Crippen LogP contribution in [0.25, 0.3) is 0 Å². The van der Waals surface area contributed by atoms with Crippen molar-refractivity contribution in [1.82, 2.24) is 4.98 Å². The molecule has 0 atom stereocenters. The Morgan fingerprint density at radius 1 is 1.32 bits per heavy atom. The highest BCUT2D eigenvalue weighted by Gasteiger charge is 2.17. The first-order valence-corrected chi connectivity index (χ1v) is 6.12. The van der Waals surface area contributed by atoms with Crippen LogP contribution >= 0.6 is 11.6 Å². The molecule has 4 nitrogen and oxygen atoms in total. The zero-order chi connectivity index (χ0) is 14.0. The van der Waals surface area contributed by atoms with E-state index in [0.717, 1.165) is 11.3 Å². The van der Waals surface area contributed by atoms with Gasteiger partial charge in [-0.3, -0.25) is 4.79 Å². The summed E-state index contributed by atoms with van der Waals surface area (Å²) in [7, 11) is 1.69. The van der Waals surface area contributed by atoms with Crippen LogP contribution in [0.1, 0.15) is 15.9 Å². The van der Waals surface area contributed by atoms with Gasteiger partial charge in [0.05, 0.1) is 17.4 Å². The zero-order valence-electron chi connectivity index (χ0n) is 10.7. The van der Waals surface area contributed by atoms with E-state index < -0.39 is 0 Å². The van der Waals surface area contributed by atoms with Crippen molar-refractivity contribution in [2.75, 3.05) is 17.7 Å². The van der Waals surface area contributed by atoms with E-state index in [9.17, 15) is 4.79 Å². The van der Waals surface area contributed by atoms with Crippen LogP contribution in [-0.4, -0.2) is 17.9 Å². The first-order valence-electron chi connectivity index (χ1n) is 5.75. The van der Waals surface area contributed by atoms with Crippen LogP contribution in [0.15, 0.2) is 36.5 Å². The third-order valence-electron chi connectivity index (χ3n) is 2.82. The maximum Gasteiger partial charge on any atom is 0.261 e. The zero-order valence-corrected chi connectivity index (χ0v) is 11.5. The SMILES string of the molecule is Cc1ccc(N(C)C(=O)c2cc(N)cnc2Cl)cc1. The van der Waals surface area contributed by atoms with Crippen LogP contribution in [-0.2, 0) is 0 Å². The van der Waals surface area contributed by atoms with Crippen LogP contribution in [0.5, 0.6) is 0 Å². The molecule has 0 fully saturated rings. The van der Waals surface area contributed by atoms with E-state index in [-0.39, 0.29) is 11.1 Å². The quantitative estimate of drug-likeness (QED) is 0.858. The number of halogens is 1. The summed E-state index contributed by atoms with van der Waals surface area (Å²) in [5.74, 6) is -0.242. The predicted molar refractivity (Wildman–Crippen MR) is 77.6 cm³/mol. The van der Waals surface area contributed by atoms with Gasteiger partial charge in [0, 0.05) is 12.7 Å². The lowest BCUT2D eigenvalue weighted by Crippen LogP contribution is -2.26.